The summed E-state index contributed by atoms with van der Waals surface area (Å²) in [6, 6.07) is 18.0. The predicted octanol–water partition coefficient (Wildman–Crippen LogP) is 3.88. The first-order valence-electron chi connectivity index (χ1n) is 6.80. The van der Waals surface area contributed by atoms with Crippen LogP contribution >= 0.6 is 0 Å². The molecule has 2 aromatic carbocycles. The van der Waals surface area contributed by atoms with Gasteiger partial charge in [-0.25, -0.2) is 0 Å². The van der Waals surface area contributed by atoms with Gasteiger partial charge in [-0.2, -0.15) is 0 Å². The van der Waals surface area contributed by atoms with Gasteiger partial charge in [-0.15, -0.1) is 0 Å². The van der Waals surface area contributed by atoms with Gasteiger partial charge in [0.25, 0.3) is 0 Å². The van der Waals surface area contributed by atoms with Crippen molar-refractivity contribution in [1.82, 2.24) is 9.97 Å². The number of nitrogens with zero attached hydrogens (tertiary/aromatic N) is 2. The van der Waals surface area contributed by atoms with Crippen LogP contribution in [0.3, 0.4) is 0 Å². The first-order chi connectivity index (χ1) is 10.7. The van der Waals surface area contributed by atoms with Gasteiger partial charge in [-0.1, -0.05) is 12.1 Å². The summed E-state index contributed by atoms with van der Waals surface area (Å²) in [7, 11) is 0. The molecule has 0 radical (unpaired) electrons. The zero-order valence-corrected chi connectivity index (χ0v) is 11.7. The van der Waals surface area contributed by atoms with Gasteiger partial charge in [-0.3, -0.25) is 9.97 Å². The summed E-state index contributed by atoms with van der Waals surface area (Å²) in [5.41, 5.74) is 1.65. The van der Waals surface area contributed by atoms with Crippen molar-refractivity contribution in [2.45, 2.75) is 0 Å². The van der Waals surface area contributed by atoms with Crippen molar-refractivity contribution in [2.75, 3.05) is 0 Å². The molecule has 0 amide bonds. The monoisotopic (exact) mass is 290 g/mol. The highest BCUT2D eigenvalue weighted by molar-refractivity contribution is 5.80. The van der Waals surface area contributed by atoms with E-state index in [9.17, 15) is 0 Å². The molecule has 0 aliphatic carbocycles. The largest absolute Gasteiger partial charge is 0.508 e. The molecule has 4 nitrogen and oxygen atoms in total. The lowest BCUT2D eigenvalue weighted by Gasteiger charge is -1.95. The number of hydrogen-bond donors (Lipinski definition) is 2. The fourth-order valence-electron chi connectivity index (χ4n) is 2.11. The summed E-state index contributed by atoms with van der Waals surface area (Å²) in [6.07, 6.45) is 3.42. The Morgan fingerprint density at radius 2 is 1.05 bits per heavy atom. The number of aromatic hydroxyl groups is 2. The average Bonchev–Trinajstić information content (AvgIpc) is 2.55. The molecule has 0 aliphatic rings. The minimum Gasteiger partial charge on any atom is -0.508 e. The molecule has 2 aromatic heterocycles. The van der Waals surface area contributed by atoms with Gasteiger partial charge in [0.1, 0.15) is 11.5 Å². The molecule has 22 heavy (non-hydrogen) atoms. The number of fused-ring (bicyclic) bond motifs is 2. The molecule has 0 saturated carbocycles. The second-order valence-corrected chi connectivity index (χ2v) is 4.76. The van der Waals surface area contributed by atoms with Gasteiger partial charge < -0.3 is 10.2 Å². The normalized spacial score (nSPS) is 10.2. The highest BCUT2D eigenvalue weighted by Crippen LogP contribution is 2.17. The lowest BCUT2D eigenvalue weighted by atomic mass is 10.2. The minimum atomic E-state index is 0.260. The molecule has 0 atom stereocenters. The van der Waals surface area contributed by atoms with Gasteiger partial charge >= 0.3 is 0 Å². The highest BCUT2D eigenvalue weighted by Gasteiger charge is 1.93. The Morgan fingerprint density at radius 3 is 1.50 bits per heavy atom. The zero-order chi connectivity index (χ0) is 15.4. The molecule has 2 N–H and O–H groups in total. The van der Waals surface area contributed by atoms with Gasteiger partial charge in [0.05, 0.1) is 11.0 Å². The Morgan fingerprint density at radius 1 is 0.591 bits per heavy atom. The molecule has 0 spiro atoms. The van der Waals surface area contributed by atoms with Crippen LogP contribution in [0.15, 0.2) is 73.1 Å². The minimum absolute atomic E-state index is 0.260. The number of phenols is 2. The van der Waals surface area contributed by atoms with Crippen molar-refractivity contribution in [3.8, 4) is 11.5 Å². The fourth-order valence-corrected chi connectivity index (χ4v) is 2.11. The van der Waals surface area contributed by atoms with Crippen LogP contribution in [0.1, 0.15) is 0 Å². The van der Waals surface area contributed by atoms with Crippen molar-refractivity contribution < 1.29 is 10.2 Å². The molecule has 0 bridgehead atoms. The molecule has 0 saturated heterocycles. The Kier molecular flexibility index (Phi) is 3.83. The summed E-state index contributed by atoms with van der Waals surface area (Å²) >= 11 is 0. The molecule has 108 valence electrons. The summed E-state index contributed by atoms with van der Waals surface area (Å²) in [5.74, 6) is 0.521. The highest BCUT2D eigenvalue weighted by atomic mass is 16.3. The Balaban J connectivity index is 0.000000131. The predicted molar refractivity (Wildman–Crippen MR) is 86.8 cm³/mol. The van der Waals surface area contributed by atoms with Crippen LogP contribution in [-0.2, 0) is 0 Å². The van der Waals surface area contributed by atoms with E-state index in [1.54, 1.807) is 36.7 Å². The lowest BCUT2D eigenvalue weighted by molar-refractivity contribution is 0.475. The Hall–Kier alpha value is -3.14. The van der Waals surface area contributed by atoms with Gasteiger partial charge in [0.15, 0.2) is 0 Å². The third-order valence-corrected chi connectivity index (χ3v) is 3.18. The van der Waals surface area contributed by atoms with Crippen molar-refractivity contribution in [3.63, 3.8) is 0 Å². The number of pyridine rings is 2. The first-order valence-corrected chi connectivity index (χ1v) is 6.80. The van der Waals surface area contributed by atoms with Crippen LogP contribution in [0.5, 0.6) is 11.5 Å². The van der Waals surface area contributed by atoms with Crippen molar-refractivity contribution >= 4 is 21.8 Å². The number of benzene rings is 2. The van der Waals surface area contributed by atoms with Gasteiger partial charge in [-0.05, 0) is 36.4 Å². The average molecular weight is 290 g/mol. The van der Waals surface area contributed by atoms with Crippen molar-refractivity contribution in [3.05, 3.63) is 73.1 Å². The zero-order valence-electron chi connectivity index (χ0n) is 11.7. The third kappa shape index (κ3) is 3.12. The van der Waals surface area contributed by atoms with E-state index in [0.29, 0.717) is 0 Å². The summed E-state index contributed by atoms with van der Waals surface area (Å²) in [4.78, 5) is 8.16. The lowest BCUT2D eigenvalue weighted by Crippen LogP contribution is -1.75. The summed E-state index contributed by atoms with van der Waals surface area (Å²) in [5, 5.41) is 20.3. The van der Waals surface area contributed by atoms with E-state index < -0.39 is 0 Å². The fraction of sp³-hybridized carbons (Fsp3) is 0. The smallest absolute Gasteiger partial charge is 0.117 e. The van der Waals surface area contributed by atoms with Crippen molar-refractivity contribution in [1.29, 1.82) is 0 Å². The van der Waals surface area contributed by atoms with Crippen LogP contribution in [0, 0.1) is 0 Å². The van der Waals surface area contributed by atoms with Gasteiger partial charge in [0.2, 0.25) is 0 Å². The quantitative estimate of drug-likeness (QED) is 0.516. The van der Waals surface area contributed by atoms with Crippen LogP contribution in [0.2, 0.25) is 0 Å². The third-order valence-electron chi connectivity index (χ3n) is 3.18. The maximum Gasteiger partial charge on any atom is 0.117 e. The SMILES string of the molecule is Oc1ccc2cccnc2c1.Oc1ccc2cccnc2c1. The number of aromatic nitrogens is 2. The van der Waals surface area contributed by atoms with E-state index in [1.807, 2.05) is 36.4 Å². The molecule has 0 aliphatic heterocycles. The summed E-state index contributed by atoms with van der Waals surface area (Å²) < 4.78 is 0. The van der Waals surface area contributed by atoms with Crippen LogP contribution in [0.25, 0.3) is 21.8 Å². The topological polar surface area (TPSA) is 66.2 Å². The van der Waals surface area contributed by atoms with Crippen LogP contribution < -0.4 is 0 Å². The molecule has 4 aromatic rings. The second-order valence-electron chi connectivity index (χ2n) is 4.76. The van der Waals surface area contributed by atoms with E-state index in [0.717, 1.165) is 21.8 Å². The number of phenolic OH excluding ortho intramolecular Hbond substituents is 2. The van der Waals surface area contributed by atoms with Crippen molar-refractivity contribution in [2.24, 2.45) is 0 Å². The Bertz CT molecular complexity index is 845. The van der Waals surface area contributed by atoms with Gasteiger partial charge in [0, 0.05) is 35.3 Å². The maximum absolute atomic E-state index is 9.09. The second kappa shape index (κ2) is 6.10. The van der Waals surface area contributed by atoms with E-state index in [2.05, 4.69) is 9.97 Å². The molecule has 2 heterocycles. The molecule has 0 fully saturated rings. The molecule has 0 unspecified atom stereocenters. The Labute approximate surface area is 127 Å². The van der Waals surface area contributed by atoms with E-state index in [-0.39, 0.29) is 11.5 Å². The molecular formula is C18H14N2O2. The first kappa shape index (κ1) is 13.8. The standard InChI is InChI=1S/2C9H7NO/c2*11-8-4-3-7-2-1-5-10-9(7)6-8/h2*1-6,11H. The molecule has 4 heteroatoms. The number of hydrogen-bond acceptors (Lipinski definition) is 4. The van der Waals surface area contributed by atoms with E-state index in [4.69, 9.17) is 10.2 Å². The van der Waals surface area contributed by atoms with E-state index in [1.165, 1.54) is 0 Å². The number of rotatable bonds is 0. The van der Waals surface area contributed by atoms with Crippen LogP contribution in [-0.4, -0.2) is 20.2 Å². The maximum atomic E-state index is 9.09. The van der Waals surface area contributed by atoms with E-state index >= 15 is 0 Å². The van der Waals surface area contributed by atoms with Crippen LogP contribution in [0.4, 0.5) is 0 Å². The molecule has 4 rings (SSSR count). The molecular weight excluding hydrogens is 276 g/mol. The summed E-state index contributed by atoms with van der Waals surface area (Å²) in [6.45, 7) is 0.